The van der Waals surface area contributed by atoms with Crippen LogP contribution in [0.1, 0.15) is 48.4 Å². The molecule has 0 radical (unpaired) electrons. The molecule has 4 nitrogen and oxygen atoms in total. The van der Waals surface area contributed by atoms with Gasteiger partial charge in [0, 0.05) is 59.5 Å². The van der Waals surface area contributed by atoms with Gasteiger partial charge in [0.05, 0.1) is 33.7 Å². The van der Waals surface area contributed by atoms with Crippen LogP contribution in [-0.4, -0.2) is 21.7 Å². The number of hydrogen-bond acceptors (Lipinski definition) is 4. The molecule has 0 saturated carbocycles. The monoisotopic (exact) mass is 827 g/mol. The Balaban J connectivity index is 1.10. The van der Waals surface area contributed by atoms with E-state index >= 15 is 0 Å². The van der Waals surface area contributed by atoms with Crippen molar-refractivity contribution in [2.45, 2.75) is 31.8 Å². The van der Waals surface area contributed by atoms with Crippen LogP contribution >= 0.6 is 11.3 Å². The van der Waals surface area contributed by atoms with Crippen molar-refractivity contribution in [3.63, 3.8) is 0 Å². The Bertz CT molecular complexity index is 3740. The zero-order chi connectivity index (χ0) is 41.8. The number of aliphatic imine (C=N–C) groups is 2. The first-order chi connectivity index (χ1) is 31.0. The molecule has 0 amide bonds. The molecule has 0 bridgehead atoms. The standard InChI is InChI=1S/C58H41N3OS/c1-35-25-29-48(59-57(40-27-26-36-14-3-4-15-37(36)32-40)60-54(35)45-21-13-20-43-42-19-8-10-24-52(42)63-56(43)45)53-50(30-28-44-47-22-11-12-31-58(47,2)62-55(44)53)61-49-23-9-7-18-41(49)46-33-38-16-5-6-17-39(38)34-51(46)61/h3-24,26-35,47H,25H2,1-2H3/b48-29+,59-57-,60-54+. The van der Waals surface area contributed by atoms with Crippen LogP contribution in [-0.2, 0) is 0 Å². The average molecular weight is 828 g/mol. The van der Waals surface area contributed by atoms with Crippen molar-refractivity contribution < 1.29 is 4.74 Å². The highest BCUT2D eigenvalue weighted by Crippen LogP contribution is 2.53. The lowest BCUT2D eigenvalue weighted by molar-refractivity contribution is 0.155. The maximum Gasteiger partial charge on any atom is 0.160 e. The number of hydrogen-bond donors (Lipinski definition) is 0. The smallest absolute Gasteiger partial charge is 0.160 e. The van der Waals surface area contributed by atoms with E-state index in [1.165, 1.54) is 58.2 Å². The van der Waals surface area contributed by atoms with Gasteiger partial charge in [-0.2, -0.15) is 0 Å². The Kier molecular flexibility index (Phi) is 7.98. The van der Waals surface area contributed by atoms with E-state index in [-0.39, 0.29) is 11.8 Å². The van der Waals surface area contributed by atoms with Gasteiger partial charge in [-0.15, -0.1) is 11.3 Å². The largest absolute Gasteiger partial charge is 0.481 e. The summed E-state index contributed by atoms with van der Waals surface area (Å²) in [5, 5.41) is 9.74. The van der Waals surface area contributed by atoms with Crippen molar-refractivity contribution in [2.24, 2.45) is 15.9 Å². The molecule has 0 N–H and O–H groups in total. The lowest BCUT2D eigenvalue weighted by atomic mass is 9.82. The molecular formula is C58H41N3OS. The summed E-state index contributed by atoms with van der Waals surface area (Å²) in [5.74, 6) is 1.71. The van der Waals surface area contributed by atoms with Gasteiger partial charge in [-0.25, -0.2) is 9.98 Å². The SMILES string of the molecule is CC1C/C=C(c2c(-n3c4ccccc4c4cc5ccccc5cc43)ccc3c2OC2(C)C=CC=CC32)/N=C(c2ccc3ccccc3c2)\N=C/1c1cccc2c1sc1ccccc12. The Morgan fingerprint density at radius 3 is 2.27 bits per heavy atom. The van der Waals surface area contributed by atoms with Crippen LogP contribution in [0.25, 0.3) is 74.9 Å². The molecule has 2 aromatic heterocycles. The number of allylic oxidation sites excluding steroid dienone is 3. The molecule has 3 aliphatic rings. The summed E-state index contributed by atoms with van der Waals surface area (Å²) in [5.41, 5.74) is 8.99. The summed E-state index contributed by atoms with van der Waals surface area (Å²) in [6.07, 6.45) is 11.8. The van der Waals surface area contributed by atoms with E-state index < -0.39 is 5.60 Å². The van der Waals surface area contributed by atoms with Crippen molar-refractivity contribution in [1.82, 2.24) is 4.57 Å². The van der Waals surface area contributed by atoms with E-state index in [2.05, 4.69) is 207 Å². The third-order valence-corrected chi connectivity index (χ3v) is 14.8. The molecule has 0 fully saturated rings. The van der Waals surface area contributed by atoms with E-state index in [0.717, 1.165) is 56.8 Å². The maximum absolute atomic E-state index is 7.28. The Morgan fingerprint density at radius 1 is 0.651 bits per heavy atom. The van der Waals surface area contributed by atoms with Gasteiger partial charge < -0.3 is 9.30 Å². The minimum absolute atomic E-state index is 0.0656. The van der Waals surface area contributed by atoms with Crippen LogP contribution in [0.4, 0.5) is 0 Å². The molecule has 5 heteroatoms. The zero-order valence-electron chi connectivity index (χ0n) is 34.9. The molecule has 300 valence electrons. The van der Waals surface area contributed by atoms with Crippen LogP contribution in [0.2, 0.25) is 0 Å². The third-order valence-electron chi connectivity index (χ3n) is 13.6. The van der Waals surface area contributed by atoms with E-state index in [9.17, 15) is 0 Å². The fraction of sp³-hybridized carbons (Fsp3) is 0.103. The highest BCUT2D eigenvalue weighted by Gasteiger charge is 2.45. The third kappa shape index (κ3) is 5.59. The van der Waals surface area contributed by atoms with Gasteiger partial charge in [0.2, 0.25) is 0 Å². The maximum atomic E-state index is 7.28. The van der Waals surface area contributed by atoms with E-state index in [1.807, 2.05) is 11.3 Å². The summed E-state index contributed by atoms with van der Waals surface area (Å²) in [4.78, 5) is 11.5. The van der Waals surface area contributed by atoms with E-state index in [0.29, 0.717) is 5.84 Å². The highest BCUT2D eigenvalue weighted by atomic mass is 32.1. The minimum Gasteiger partial charge on any atom is -0.481 e. The van der Waals surface area contributed by atoms with Gasteiger partial charge in [0.1, 0.15) is 11.4 Å². The Labute approximate surface area is 369 Å². The molecule has 63 heavy (non-hydrogen) atoms. The molecular weight excluding hydrogens is 787 g/mol. The topological polar surface area (TPSA) is 38.9 Å². The second-order valence-electron chi connectivity index (χ2n) is 17.5. The minimum atomic E-state index is -0.532. The number of nitrogens with zero attached hydrogens (tertiary/aromatic N) is 3. The lowest BCUT2D eigenvalue weighted by Crippen LogP contribution is -2.32. The quantitative estimate of drug-likeness (QED) is 0.174. The molecule has 3 atom stereocenters. The fourth-order valence-corrected chi connectivity index (χ4v) is 11.7. The number of rotatable bonds is 4. The van der Waals surface area contributed by atoms with Crippen molar-refractivity contribution in [3.05, 3.63) is 210 Å². The van der Waals surface area contributed by atoms with Crippen LogP contribution in [0.15, 0.2) is 198 Å². The van der Waals surface area contributed by atoms with Gasteiger partial charge in [0.15, 0.2) is 5.84 Å². The molecule has 10 aromatic rings. The molecule has 0 saturated heterocycles. The Morgan fingerprint density at radius 2 is 1.40 bits per heavy atom. The average Bonchev–Trinajstić information content (AvgIpc) is 3.96. The second kappa shape index (κ2) is 13.8. The number of thiophene rings is 1. The van der Waals surface area contributed by atoms with Crippen molar-refractivity contribution in [3.8, 4) is 11.4 Å². The Hall–Kier alpha value is -7.34. The van der Waals surface area contributed by atoms with Crippen LogP contribution in [0.5, 0.6) is 5.75 Å². The van der Waals surface area contributed by atoms with Crippen molar-refractivity contribution in [1.29, 1.82) is 0 Å². The normalized spacial score (nSPS) is 22.0. The molecule has 13 rings (SSSR count). The number of fused-ring (bicyclic) bond motifs is 11. The number of amidine groups is 1. The fourth-order valence-electron chi connectivity index (χ4n) is 10.4. The first-order valence-corrected chi connectivity index (χ1v) is 22.7. The molecule has 8 aromatic carbocycles. The summed E-state index contributed by atoms with van der Waals surface area (Å²) < 4.78 is 12.3. The molecule has 1 aliphatic carbocycles. The van der Waals surface area contributed by atoms with Gasteiger partial charge in [-0.1, -0.05) is 153 Å². The molecule has 4 heterocycles. The zero-order valence-corrected chi connectivity index (χ0v) is 35.7. The predicted octanol–water partition coefficient (Wildman–Crippen LogP) is 15.1. The lowest BCUT2D eigenvalue weighted by Gasteiger charge is -2.27. The molecule has 0 spiro atoms. The first kappa shape index (κ1) is 36.3. The van der Waals surface area contributed by atoms with Crippen molar-refractivity contribution >= 4 is 92.1 Å². The highest BCUT2D eigenvalue weighted by molar-refractivity contribution is 7.26. The van der Waals surface area contributed by atoms with Gasteiger partial charge in [-0.05, 0) is 77.4 Å². The van der Waals surface area contributed by atoms with E-state index in [4.69, 9.17) is 14.7 Å². The van der Waals surface area contributed by atoms with Crippen LogP contribution < -0.4 is 4.74 Å². The number of para-hydroxylation sites is 1. The van der Waals surface area contributed by atoms with Gasteiger partial charge in [-0.3, -0.25) is 0 Å². The number of aromatic nitrogens is 1. The van der Waals surface area contributed by atoms with E-state index in [1.54, 1.807) is 0 Å². The molecule has 3 unspecified atom stereocenters. The van der Waals surface area contributed by atoms with Crippen molar-refractivity contribution in [2.75, 3.05) is 0 Å². The van der Waals surface area contributed by atoms with Gasteiger partial charge >= 0.3 is 0 Å². The number of ether oxygens (including phenoxy) is 1. The summed E-state index contributed by atoms with van der Waals surface area (Å²) >= 11 is 1.85. The molecule has 2 aliphatic heterocycles. The van der Waals surface area contributed by atoms with Crippen LogP contribution in [0, 0.1) is 5.92 Å². The number of benzene rings is 8. The van der Waals surface area contributed by atoms with Gasteiger partial charge in [0.25, 0.3) is 0 Å². The summed E-state index contributed by atoms with van der Waals surface area (Å²) in [7, 11) is 0. The predicted molar refractivity (Wildman–Crippen MR) is 266 cm³/mol. The summed E-state index contributed by atoms with van der Waals surface area (Å²) in [6, 6.07) is 57.3. The first-order valence-electron chi connectivity index (χ1n) is 21.9. The van der Waals surface area contributed by atoms with Crippen LogP contribution in [0.3, 0.4) is 0 Å². The summed E-state index contributed by atoms with van der Waals surface area (Å²) in [6.45, 7) is 4.52. The second-order valence-corrected chi connectivity index (χ2v) is 18.5.